The molecule has 16 heavy (non-hydrogen) atoms. The summed E-state index contributed by atoms with van der Waals surface area (Å²) in [5.74, 6) is 0.924. The number of rotatable bonds is 4. The van der Waals surface area contributed by atoms with Gasteiger partial charge in [-0.05, 0) is 29.2 Å². The minimum absolute atomic E-state index is 0.824. The molecule has 0 radical (unpaired) electrons. The Morgan fingerprint density at radius 1 is 0.938 bits per heavy atom. The highest BCUT2D eigenvalue weighted by Crippen LogP contribution is 2.19. The van der Waals surface area contributed by atoms with Gasteiger partial charge in [-0.2, -0.15) is 0 Å². The third-order valence-corrected chi connectivity index (χ3v) is 3.76. The van der Waals surface area contributed by atoms with E-state index in [2.05, 4.69) is 42.5 Å². The summed E-state index contributed by atoms with van der Waals surface area (Å²) in [4.78, 5) is 0. The fraction of sp³-hybridized carbons (Fsp3) is 0.143. The molecule has 0 saturated heterocycles. The molecule has 0 heterocycles. The van der Waals surface area contributed by atoms with Crippen LogP contribution in [0, 0.1) is 0 Å². The minimum atomic E-state index is 0.824. The number of hydrogen-bond acceptors (Lipinski definition) is 1. The lowest BCUT2D eigenvalue weighted by atomic mass is 10.2. The van der Waals surface area contributed by atoms with Gasteiger partial charge >= 0.3 is 0 Å². The van der Waals surface area contributed by atoms with Crippen LogP contribution < -0.4 is 10.0 Å². The molecule has 1 nitrogen and oxygen atoms in total. The lowest BCUT2D eigenvalue weighted by molar-refractivity contribution is 0.415. The van der Waals surface area contributed by atoms with Crippen molar-refractivity contribution in [2.45, 2.75) is 6.16 Å². The molecule has 2 aromatic rings. The Morgan fingerprint density at radius 3 is 2.25 bits per heavy atom. The number of benzene rings is 2. The van der Waals surface area contributed by atoms with Crippen LogP contribution in [0.25, 0.3) is 0 Å². The SMILES string of the molecule is COc1ccc(PCc2ccccc2)cc1. The Balaban J connectivity index is 1.94. The molecule has 0 aliphatic rings. The summed E-state index contributed by atoms with van der Waals surface area (Å²) >= 11 is 0. The van der Waals surface area contributed by atoms with Gasteiger partial charge in [0.25, 0.3) is 0 Å². The molecule has 0 saturated carbocycles. The molecule has 2 heteroatoms. The average molecular weight is 230 g/mol. The second-order valence-electron chi connectivity index (χ2n) is 3.57. The zero-order chi connectivity index (χ0) is 11.2. The van der Waals surface area contributed by atoms with Gasteiger partial charge in [0.05, 0.1) is 7.11 Å². The number of ether oxygens (including phenoxy) is 1. The summed E-state index contributed by atoms with van der Waals surface area (Å²) in [5.41, 5.74) is 1.40. The largest absolute Gasteiger partial charge is 0.497 e. The molecule has 1 atom stereocenters. The average Bonchev–Trinajstić information content (AvgIpc) is 2.38. The van der Waals surface area contributed by atoms with Crippen LogP contribution in [0.2, 0.25) is 0 Å². The summed E-state index contributed by atoms with van der Waals surface area (Å²) < 4.78 is 5.14. The van der Waals surface area contributed by atoms with Crippen molar-refractivity contribution in [1.82, 2.24) is 0 Å². The zero-order valence-corrected chi connectivity index (χ0v) is 10.3. The van der Waals surface area contributed by atoms with E-state index in [0.29, 0.717) is 0 Å². The Hall–Kier alpha value is -1.33. The first-order valence-corrected chi connectivity index (χ1v) is 6.51. The van der Waals surface area contributed by atoms with Gasteiger partial charge < -0.3 is 4.74 Å². The lowest BCUT2D eigenvalue weighted by Gasteiger charge is -2.04. The van der Waals surface area contributed by atoms with Gasteiger partial charge in [-0.3, -0.25) is 0 Å². The van der Waals surface area contributed by atoms with Crippen LogP contribution in [0.3, 0.4) is 0 Å². The Labute approximate surface area is 98.2 Å². The zero-order valence-electron chi connectivity index (χ0n) is 9.31. The van der Waals surface area contributed by atoms with E-state index in [1.807, 2.05) is 12.1 Å². The van der Waals surface area contributed by atoms with Crippen molar-refractivity contribution >= 4 is 13.9 Å². The third kappa shape index (κ3) is 3.08. The van der Waals surface area contributed by atoms with E-state index in [4.69, 9.17) is 4.74 Å². The normalized spacial score (nSPS) is 10.8. The highest BCUT2D eigenvalue weighted by molar-refractivity contribution is 7.46. The summed E-state index contributed by atoms with van der Waals surface area (Å²) in [6, 6.07) is 18.9. The van der Waals surface area contributed by atoms with E-state index >= 15 is 0 Å². The molecule has 0 N–H and O–H groups in total. The minimum Gasteiger partial charge on any atom is -0.497 e. The predicted octanol–water partition coefficient (Wildman–Crippen LogP) is 3.20. The molecule has 0 spiro atoms. The summed E-state index contributed by atoms with van der Waals surface area (Å²) in [6.45, 7) is 0. The van der Waals surface area contributed by atoms with E-state index in [1.54, 1.807) is 7.11 Å². The smallest absolute Gasteiger partial charge is 0.118 e. The molecule has 0 fully saturated rings. The molecule has 0 aliphatic heterocycles. The summed E-state index contributed by atoms with van der Waals surface area (Å²) in [6.07, 6.45) is 1.12. The molecule has 2 rings (SSSR count). The fourth-order valence-corrected chi connectivity index (χ4v) is 2.56. The van der Waals surface area contributed by atoms with Crippen LogP contribution in [0.15, 0.2) is 54.6 Å². The highest BCUT2D eigenvalue weighted by Gasteiger charge is 1.95. The molecular weight excluding hydrogens is 215 g/mol. The molecule has 0 bridgehead atoms. The van der Waals surface area contributed by atoms with Crippen molar-refractivity contribution in [3.05, 3.63) is 60.2 Å². The second-order valence-corrected chi connectivity index (χ2v) is 4.85. The standard InChI is InChI=1S/C14H15OP/c1-15-13-7-9-14(10-8-13)16-11-12-5-3-2-4-6-12/h2-10,16H,11H2,1H3. The maximum Gasteiger partial charge on any atom is 0.118 e. The van der Waals surface area contributed by atoms with Crippen LogP contribution in [-0.2, 0) is 6.16 Å². The van der Waals surface area contributed by atoms with E-state index in [1.165, 1.54) is 10.9 Å². The van der Waals surface area contributed by atoms with Crippen molar-refractivity contribution in [2.24, 2.45) is 0 Å². The molecule has 2 aromatic carbocycles. The van der Waals surface area contributed by atoms with Gasteiger partial charge in [-0.25, -0.2) is 0 Å². The fourth-order valence-electron chi connectivity index (χ4n) is 1.51. The molecule has 0 amide bonds. The van der Waals surface area contributed by atoms with Crippen molar-refractivity contribution in [2.75, 3.05) is 7.11 Å². The van der Waals surface area contributed by atoms with Gasteiger partial charge in [-0.1, -0.05) is 51.0 Å². The summed E-state index contributed by atoms with van der Waals surface area (Å²) in [5, 5.41) is 1.38. The molecule has 0 aromatic heterocycles. The monoisotopic (exact) mass is 230 g/mol. The molecular formula is C14H15OP. The van der Waals surface area contributed by atoms with Crippen LogP contribution in [0.1, 0.15) is 5.56 Å². The van der Waals surface area contributed by atoms with Crippen molar-refractivity contribution < 1.29 is 4.74 Å². The van der Waals surface area contributed by atoms with Crippen LogP contribution >= 0.6 is 8.58 Å². The lowest BCUT2D eigenvalue weighted by Crippen LogP contribution is -1.94. The Kier molecular flexibility index (Phi) is 3.96. The van der Waals surface area contributed by atoms with Gasteiger partial charge in [0.1, 0.15) is 5.75 Å². The maximum atomic E-state index is 5.14. The Morgan fingerprint density at radius 2 is 1.62 bits per heavy atom. The molecule has 1 unspecified atom stereocenters. The van der Waals surface area contributed by atoms with E-state index < -0.39 is 0 Å². The molecule has 82 valence electrons. The van der Waals surface area contributed by atoms with Gasteiger partial charge in [0, 0.05) is 0 Å². The maximum absolute atomic E-state index is 5.14. The number of methoxy groups -OCH3 is 1. The van der Waals surface area contributed by atoms with Crippen LogP contribution in [0.4, 0.5) is 0 Å². The van der Waals surface area contributed by atoms with Gasteiger partial charge in [0.15, 0.2) is 0 Å². The predicted molar refractivity (Wildman–Crippen MR) is 71.1 cm³/mol. The second kappa shape index (κ2) is 5.67. The van der Waals surface area contributed by atoms with E-state index in [-0.39, 0.29) is 0 Å². The molecule has 0 aliphatic carbocycles. The number of hydrogen-bond donors (Lipinski definition) is 0. The van der Waals surface area contributed by atoms with E-state index in [0.717, 1.165) is 20.5 Å². The van der Waals surface area contributed by atoms with Gasteiger partial charge in [0.2, 0.25) is 0 Å². The van der Waals surface area contributed by atoms with E-state index in [9.17, 15) is 0 Å². The van der Waals surface area contributed by atoms with Crippen molar-refractivity contribution in [1.29, 1.82) is 0 Å². The first kappa shape index (κ1) is 11.2. The van der Waals surface area contributed by atoms with Gasteiger partial charge in [-0.15, -0.1) is 0 Å². The first-order chi connectivity index (χ1) is 7.88. The summed E-state index contributed by atoms with van der Waals surface area (Å²) in [7, 11) is 2.52. The first-order valence-electron chi connectivity index (χ1n) is 5.30. The van der Waals surface area contributed by atoms with Crippen LogP contribution in [0.5, 0.6) is 5.75 Å². The topological polar surface area (TPSA) is 9.23 Å². The third-order valence-electron chi connectivity index (χ3n) is 2.43. The van der Waals surface area contributed by atoms with Crippen molar-refractivity contribution in [3.8, 4) is 5.75 Å². The Bertz CT molecular complexity index is 422. The van der Waals surface area contributed by atoms with Crippen LogP contribution in [-0.4, -0.2) is 7.11 Å². The quantitative estimate of drug-likeness (QED) is 0.733. The highest BCUT2D eigenvalue weighted by atomic mass is 31.1. The van der Waals surface area contributed by atoms with Crippen molar-refractivity contribution in [3.63, 3.8) is 0 Å².